The van der Waals surface area contributed by atoms with Crippen molar-refractivity contribution in [1.29, 1.82) is 0 Å². The summed E-state index contributed by atoms with van der Waals surface area (Å²) in [4.78, 5) is 49.8. The summed E-state index contributed by atoms with van der Waals surface area (Å²) in [5.41, 5.74) is 2.70. The minimum atomic E-state index is -0.321. The zero-order valence-electron chi connectivity index (χ0n) is 15.7. The number of carbonyl (C=O) groups excluding carboxylic acids is 4. The van der Waals surface area contributed by atoms with E-state index in [2.05, 4.69) is 10.6 Å². The molecule has 1 heterocycles. The molecule has 3 rings (SSSR count). The molecule has 0 unspecified atom stereocenters. The molecule has 0 bridgehead atoms. The molecule has 2 N–H and O–H groups in total. The second kappa shape index (κ2) is 8.04. The Bertz CT molecular complexity index is 968. The Morgan fingerprint density at radius 3 is 2.50 bits per heavy atom. The first kappa shape index (κ1) is 19.3. The third-order valence-electron chi connectivity index (χ3n) is 4.55. The van der Waals surface area contributed by atoms with Crippen LogP contribution in [-0.4, -0.2) is 42.1 Å². The van der Waals surface area contributed by atoms with E-state index in [4.69, 9.17) is 0 Å². The van der Waals surface area contributed by atoms with Gasteiger partial charge in [-0.2, -0.15) is 0 Å². The molecular formula is C21H21N3O4. The molecule has 7 nitrogen and oxygen atoms in total. The summed E-state index contributed by atoms with van der Waals surface area (Å²) in [7, 11) is 1.54. The van der Waals surface area contributed by atoms with Crippen LogP contribution in [0.3, 0.4) is 0 Å². The Morgan fingerprint density at radius 2 is 1.75 bits per heavy atom. The lowest BCUT2D eigenvalue weighted by Gasteiger charge is -2.13. The predicted octanol–water partition coefficient (Wildman–Crippen LogP) is 2.37. The highest BCUT2D eigenvalue weighted by Crippen LogP contribution is 2.24. The van der Waals surface area contributed by atoms with Crippen molar-refractivity contribution in [3.63, 3.8) is 0 Å². The van der Waals surface area contributed by atoms with E-state index in [0.717, 1.165) is 5.56 Å². The zero-order valence-corrected chi connectivity index (χ0v) is 15.7. The van der Waals surface area contributed by atoms with E-state index in [1.807, 2.05) is 6.92 Å². The highest BCUT2D eigenvalue weighted by Gasteiger charge is 2.34. The molecule has 144 valence electrons. The average molecular weight is 379 g/mol. The van der Waals surface area contributed by atoms with Gasteiger partial charge in [0, 0.05) is 31.3 Å². The van der Waals surface area contributed by atoms with E-state index < -0.39 is 0 Å². The third-order valence-corrected chi connectivity index (χ3v) is 4.55. The molecule has 0 fully saturated rings. The van der Waals surface area contributed by atoms with Crippen LogP contribution in [-0.2, 0) is 4.79 Å². The molecule has 0 radical (unpaired) electrons. The van der Waals surface area contributed by atoms with Crippen LogP contribution in [0.5, 0.6) is 0 Å². The lowest BCUT2D eigenvalue weighted by Crippen LogP contribution is -2.31. The number of amides is 4. The smallest absolute Gasteiger partial charge is 0.261 e. The normalized spacial score (nSPS) is 12.7. The molecule has 0 atom stereocenters. The van der Waals surface area contributed by atoms with Gasteiger partial charge in [0.2, 0.25) is 5.91 Å². The van der Waals surface area contributed by atoms with Crippen molar-refractivity contribution >= 4 is 29.3 Å². The number of benzene rings is 2. The molecule has 0 spiro atoms. The van der Waals surface area contributed by atoms with Crippen LogP contribution in [0.1, 0.15) is 49.5 Å². The van der Waals surface area contributed by atoms with Gasteiger partial charge in [-0.05, 0) is 43.7 Å². The van der Waals surface area contributed by atoms with Gasteiger partial charge in [-0.1, -0.05) is 17.7 Å². The van der Waals surface area contributed by atoms with E-state index in [0.29, 0.717) is 28.8 Å². The van der Waals surface area contributed by atoms with Gasteiger partial charge >= 0.3 is 0 Å². The number of nitrogens with zero attached hydrogens (tertiary/aromatic N) is 1. The molecule has 2 aromatic carbocycles. The number of fused-ring (bicyclic) bond motifs is 1. The fraction of sp³-hybridized carbons (Fsp3) is 0.238. The quantitative estimate of drug-likeness (QED) is 0.753. The monoisotopic (exact) mass is 379 g/mol. The van der Waals surface area contributed by atoms with Crippen molar-refractivity contribution in [2.45, 2.75) is 19.8 Å². The van der Waals surface area contributed by atoms with Crippen LogP contribution >= 0.6 is 0 Å². The second-order valence-corrected chi connectivity index (χ2v) is 6.62. The van der Waals surface area contributed by atoms with Crippen molar-refractivity contribution in [2.24, 2.45) is 0 Å². The molecule has 1 aliphatic rings. The Hall–Kier alpha value is -3.48. The molecular weight excluding hydrogens is 358 g/mol. The van der Waals surface area contributed by atoms with E-state index in [1.165, 1.54) is 11.9 Å². The Balaban J connectivity index is 1.54. The van der Waals surface area contributed by atoms with Crippen molar-refractivity contribution < 1.29 is 19.2 Å². The van der Waals surface area contributed by atoms with Crippen molar-refractivity contribution in [2.75, 3.05) is 18.9 Å². The summed E-state index contributed by atoms with van der Waals surface area (Å²) in [6.45, 7) is 2.04. The minimum absolute atomic E-state index is 0.149. The Labute approximate surface area is 162 Å². The van der Waals surface area contributed by atoms with Gasteiger partial charge in [0.25, 0.3) is 17.7 Å². The third kappa shape index (κ3) is 3.93. The number of anilines is 1. The fourth-order valence-electron chi connectivity index (χ4n) is 3.11. The first-order valence-electron chi connectivity index (χ1n) is 8.99. The van der Waals surface area contributed by atoms with Gasteiger partial charge in [0.1, 0.15) is 0 Å². The lowest BCUT2D eigenvalue weighted by atomic mass is 10.1. The standard InChI is InChI=1S/C21H21N3O4/c1-13-8-9-16-17(11-13)21(28)24(20(16)27)10-4-7-18(25)23-15-6-3-5-14(12-15)19(26)22-2/h3,5-6,8-9,11-12H,4,7,10H2,1-2H3,(H,22,26)(H,23,25). The van der Waals surface area contributed by atoms with E-state index in [-0.39, 0.29) is 36.6 Å². The Kier molecular flexibility index (Phi) is 5.54. The fourth-order valence-corrected chi connectivity index (χ4v) is 3.11. The van der Waals surface area contributed by atoms with Crippen molar-refractivity contribution in [1.82, 2.24) is 10.2 Å². The van der Waals surface area contributed by atoms with E-state index in [1.54, 1.807) is 42.5 Å². The van der Waals surface area contributed by atoms with Crippen molar-refractivity contribution in [3.8, 4) is 0 Å². The summed E-state index contributed by atoms with van der Waals surface area (Å²) in [5.74, 6) is -1.13. The van der Waals surface area contributed by atoms with Crippen LogP contribution in [0.25, 0.3) is 0 Å². The number of carbonyl (C=O) groups is 4. The number of hydrogen-bond donors (Lipinski definition) is 2. The molecule has 7 heteroatoms. The zero-order chi connectivity index (χ0) is 20.3. The molecule has 0 aromatic heterocycles. The van der Waals surface area contributed by atoms with Crippen LogP contribution in [0.2, 0.25) is 0 Å². The van der Waals surface area contributed by atoms with Crippen LogP contribution in [0, 0.1) is 6.92 Å². The summed E-state index contributed by atoms with van der Waals surface area (Å²) in [6, 6.07) is 11.8. The number of nitrogens with one attached hydrogen (secondary N) is 2. The Morgan fingerprint density at radius 1 is 1.00 bits per heavy atom. The van der Waals surface area contributed by atoms with E-state index in [9.17, 15) is 19.2 Å². The summed E-state index contributed by atoms with van der Waals surface area (Å²) < 4.78 is 0. The molecule has 0 aliphatic carbocycles. The van der Waals surface area contributed by atoms with Gasteiger partial charge < -0.3 is 10.6 Å². The minimum Gasteiger partial charge on any atom is -0.355 e. The van der Waals surface area contributed by atoms with Gasteiger partial charge in [-0.15, -0.1) is 0 Å². The first-order valence-corrected chi connectivity index (χ1v) is 8.99. The maximum absolute atomic E-state index is 12.4. The van der Waals surface area contributed by atoms with Gasteiger partial charge in [0.15, 0.2) is 0 Å². The second-order valence-electron chi connectivity index (χ2n) is 6.62. The number of imide groups is 1. The van der Waals surface area contributed by atoms with Crippen LogP contribution < -0.4 is 10.6 Å². The molecule has 28 heavy (non-hydrogen) atoms. The number of hydrogen-bond acceptors (Lipinski definition) is 4. The van der Waals surface area contributed by atoms with Gasteiger partial charge in [0.05, 0.1) is 11.1 Å². The molecule has 0 saturated heterocycles. The predicted molar refractivity (Wildman–Crippen MR) is 104 cm³/mol. The van der Waals surface area contributed by atoms with Gasteiger partial charge in [-0.3, -0.25) is 24.1 Å². The van der Waals surface area contributed by atoms with Crippen LogP contribution in [0.15, 0.2) is 42.5 Å². The molecule has 4 amide bonds. The highest BCUT2D eigenvalue weighted by molar-refractivity contribution is 6.21. The summed E-state index contributed by atoms with van der Waals surface area (Å²) in [5, 5.41) is 5.25. The maximum Gasteiger partial charge on any atom is 0.261 e. The molecule has 2 aromatic rings. The molecule has 1 aliphatic heterocycles. The van der Waals surface area contributed by atoms with Crippen molar-refractivity contribution in [3.05, 3.63) is 64.7 Å². The van der Waals surface area contributed by atoms with Crippen LogP contribution in [0.4, 0.5) is 5.69 Å². The lowest BCUT2D eigenvalue weighted by molar-refractivity contribution is -0.116. The summed E-state index contributed by atoms with van der Waals surface area (Å²) >= 11 is 0. The maximum atomic E-state index is 12.4. The van der Waals surface area contributed by atoms with E-state index >= 15 is 0 Å². The number of aryl methyl sites for hydroxylation is 1. The average Bonchev–Trinajstić information content (AvgIpc) is 2.91. The highest BCUT2D eigenvalue weighted by atomic mass is 16.2. The topological polar surface area (TPSA) is 95.6 Å². The summed E-state index contributed by atoms with van der Waals surface area (Å²) in [6.07, 6.45) is 0.502. The molecule has 0 saturated carbocycles. The number of rotatable bonds is 6. The largest absolute Gasteiger partial charge is 0.355 e. The van der Waals surface area contributed by atoms with Gasteiger partial charge in [-0.25, -0.2) is 0 Å². The SMILES string of the molecule is CNC(=O)c1cccc(NC(=O)CCCN2C(=O)c3ccc(C)cc3C2=O)c1. The first-order chi connectivity index (χ1) is 13.4.